The third-order valence-electron chi connectivity index (χ3n) is 2.59. The van der Waals surface area contributed by atoms with Gasteiger partial charge in [-0.05, 0) is 18.9 Å². The maximum Gasteiger partial charge on any atom is 0.309 e. The van der Waals surface area contributed by atoms with Crippen LogP contribution in [0.3, 0.4) is 0 Å². The third kappa shape index (κ3) is 2.36. The molecule has 0 amide bonds. The van der Waals surface area contributed by atoms with Crippen LogP contribution in [0.25, 0.3) is 0 Å². The maximum absolute atomic E-state index is 10.8. The van der Waals surface area contributed by atoms with Crippen LogP contribution in [0.1, 0.15) is 22.8 Å². The number of ether oxygens (including phenoxy) is 1. The zero-order valence-corrected chi connectivity index (χ0v) is 9.19. The van der Waals surface area contributed by atoms with Crippen molar-refractivity contribution >= 4 is 5.97 Å². The van der Waals surface area contributed by atoms with Gasteiger partial charge in [0.2, 0.25) is 0 Å². The molecule has 2 heterocycles. The van der Waals surface area contributed by atoms with Crippen molar-refractivity contribution in [3.63, 3.8) is 0 Å². The average molecular weight is 222 g/mol. The topological polar surface area (TPSA) is 72.3 Å². The largest absolute Gasteiger partial charge is 0.481 e. The van der Waals surface area contributed by atoms with Gasteiger partial charge in [0.1, 0.15) is 5.82 Å². The lowest BCUT2D eigenvalue weighted by atomic mass is 10.0. The summed E-state index contributed by atoms with van der Waals surface area (Å²) in [6.45, 7) is 3.05. The minimum absolute atomic E-state index is 0.0360. The summed E-state index contributed by atoms with van der Waals surface area (Å²) in [6, 6.07) is 0. The molecule has 0 bridgehead atoms. The van der Waals surface area contributed by atoms with Crippen molar-refractivity contribution in [3.8, 4) is 0 Å². The summed E-state index contributed by atoms with van der Waals surface area (Å²) in [7, 11) is 0. The van der Waals surface area contributed by atoms with Crippen LogP contribution in [0, 0.1) is 6.92 Å². The standard InChI is InChI=1S/C11H14N2O3/c1-7-12-9-3-5-16-4-2-8(9)10(13-7)6-11(14)15/h2-6H2,1H3,(H,14,15). The molecule has 1 N–H and O–H groups in total. The molecule has 1 aliphatic rings. The summed E-state index contributed by atoms with van der Waals surface area (Å²) in [6.07, 6.45) is 1.41. The van der Waals surface area contributed by atoms with Crippen molar-refractivity contribution in [2.45, 2.75) is 26.2 Å². The summed E-state index contributed by atoms with van der Waals surface area (Å²) in [5.74, 6) is -0.220. The van der Waals surface area contributed by atoms with Crippen LogP contribution in [-0.2, 0) is 28.8 Å². The van der Waals surface area contributed by atoms with Gasteiger partial charge in [-0.15, -0.1) is 0 Å². The Bertz CT molecular complexity index is 418. The average Bonchev–Trinajstić information content (AvgIpc) is 2.41. The molecule has 0 radical (unpaired) electrons. The lowest BCUT2D eigenvalue weighted by Gasteiger charge is -2.09. The third-order valence-corrected chi connectivity index (χ3v) is 2.59. The van der Waals surface area contributed by atoms with E-state index in [9.17, 15) is 4.79 Å². The molecule has 0 fully saturated rings. The predicted octanol–water partition coefficient (Wildman–Crippen LogP) is 0.527. The van der Waals surface area contributed by atoms with Gasteiger partial charge in [-0.3, -0.25) is 4.79 Å². The van der Waals surface area contributed by atoms with Gasteiger partial charge in [-0.25, -0.2) is 9.97 Å². The van der Waals surface area contributed by atoms with Crippen molar-refractivity contribution in [3.05, 3.63) is 22.8 Å². The number of fused-ring (bicyclic) bond motifs is 1. The quantitative estimate of drug-likeness (QED) is 0.790. The van der Waals surface area contributed by atoms with Crippen LogP contribution in [0.2, 0.25) is 0 Å². The first kappa shape index (κ1) is 11.0. The first-order valence-corrected chi connectivity index (χ1v) is 5.31. The number of aliphatic carboxylic acids is 1. The van der Waals surface area contributed by atoms with Crippen LogP contribution in [0.15, 0.2) is 0 Å². The van der Waals surface area contributed by atoms with Crippen LogP contribution >= 0.6 is 0 Å². The lowest BCUT2D eigenvalue weighted by Crippen LogP contribution is -2.12. The van der Waals surface area contributed by atoms with Crippen LogP contribution in [0.5, 0.6) is 0 Å². The highest BCUT2D eigenvalue weighted by atomic mass is 16.5. The number of rotatable bonds is 2. The van der Waals surface area contributed by atoms with Crippen molar-refractivity contribution in [1.82, 2.24) is 9.97 Å². The predicted molar refractivity (Wildman–Crippen MR) is 56.3 cm³/mol. The fourth-order valence-corrected chi connectivity index (χ4v) is 1.95. The molecular formula is C11H14N2O3. The fourth-order valence-electron chi connectivity index (χ4n) is 1.95. The van der Waals surface area contributed by atoms with Crippen molar-refractivity contribution in [2.24, 2.45) is 0 Å². The molecule has 1 aromatic rings. The molecule has 0 aromatic carbocycles. The van der Waals surface area contributed by atoms with Gasteiger partial charge in [0, 0.05) is 12.1 Å². The van der Waals surface area contributed by atoms with Crippen LogP contribution < -0.4 is 0 Å². The monoisotopic (exact) mass is 222 g/mol. The van der Waals surface area contributed by atoms with E-state index in [1.807, 2.05) is 0 Å². The first-order valence-electron chi connectivity index (χ1n) is 5.31. The molecule has 0 saturated heterocycles. The zero-order valence-electron chi connectivity index (χ0n) is 9.19. The summed E-state index contributed by atoms with van der Waals surface area (Å²) in [4.78, 5) is 19.3. The van der Waals surface area contributed by atoms with E-state index >= 15 is 0 Å². The number of aryl methyl sites for hydroxylation is 1. The van der Waals surface area contributed by atoms with Gasteiger partial charge < -0.3 is 9.84 Å². The molecule has 1 aromatic heterocycles. The highest BCUT2D eigenvalue weighted by Crippen LogP contribution is 2.17. The van der Waals surface area contributed by atoms with Gasteiger partial charge in [-0.1, -0.05) is 0 Å². The van der Waals surface area contributed by atoms with Gasteiger partial charge in [0.15, 0.2) is 0 Å². The number of aromatic nitrogens is 2. The van der Waals surface area contributed by atoms with E-state index in [1.54, 1.807) is 6.92 Å². The SMILES string of the molecule is Cc1nc2c(c(CC(=O)O)n1)CCOCC2. The van der Waals surface area contributed by atoms with E-state index in [0.717, 1.165) is 17.7 Å². The second kappa shape index (κ2) is 4.57. The van der Waals surface area contributed by atoms with E-state index in [-0.39, 0.29) is 6.42 Å². The molecular weight excluding hydrogens is 208 g/mol. The Kier molecular flexibility index (Phi) is 3.14. The number of nitrogens with zero attached hydrogens (tertiary/aromatic N) is 2. The Morgan fingerprint density at radius 2 is 2.12 bits per heavy atom. The molecule has 0 aliphatic carbocycles. The Morgan fingerprint density at radius 3 is 2.88 bits per heavy atom. The summed E-state index contributed by atoms with van der Waals surface area (Å²) < 4.78 is 5.36. The number of carboxylic acid groups (broad SMARTS) is 1. The molecule has 5 heteroatoms. The highest BCUT2D eigenvalue weighted by molar-refractivity contribution is 5.70. The Balaban J connectivity index is 2.42. The molecule has 5 nitrogen and oxygen atoms in total. The van der Waals surface area contributed by atoms with Crippen molar-refractivity contribution in [2.75, 3.05) is 13.2 Å². The van der Waals surface area contributed by atoms with Crippen molar-refractivity contribution < 1.29 is 14.6 Å². The van der Waals surface area contributed by atoms with E-state index < -0.39 is 5.97 Å². The molecule has 16 heavy (non-hydrogen) atoms. The molecule has 0 saturated carbocycles. The molecule has 2 rings (SSSR count). The molecule has 0 atom stereocenters. The number of carboxylic acids is 1. The Hall–Kier alpha value is -1.49. The van der Waals surface area contributed by atoms with Gasteiger partial charge in [0.05, 0.1) is 25.3 Å². The minimum atomic E-state index is -0.856. The molecule has 86 valence electrons. The first-order chi connectivity index (χ1) is 7.66. The van der Waals surface area contributed by atoms with E-state index in [1.165, 1.54) is 0 Å². The highest BCUT2D eigenvalue weighted by Gasteiger charge is 2.17. The van der Waals surface area contributed by atoms with Gasteiger partial charge >= 0.3 is 5.97 Å². The Labute approximate surface area is 93.5 Å². The van der Waals surface area contributed by atoms with Crippen molar-refractivity contribution in [1.29, 1.82) is 0 Å². The molecule has 0 spiro atoms. The van der Waals surface area contributed by atoms with E-state index in [2.05, 4.69) is 9.97 Å². The number of hydrogen-bond acceptors (Lipinski definition) is 4. The maximum atomic E-state index is 10.8. The summed E-state index contributed by atoms with van der Waals surface area (Å²) in [5.41, 5.74) is 2.55. The lowest BCUT2D eigenvalue weighted by molar-refractivity contribution is -0.136. The second-order valence-corrected chi connectivity index (χ2v) is 3.83. The van der Waals surface area contributed by atoms with Crippen LogP contribution in [0.4, 0.5) is 0 Å². The second-order valence-electron chi connectivity index (χ2n) is 3.83. The van der Waals surface area contributed by atoms with E-state index in [0.29, 0.717) is 31.2 Å². The smallest absolute Gasteiger partial charge is 0.309 e. The minimum Gasteiger partial charge on any atom is -0.481 e. The van der Waals surface area contributed by atoms with Crippen LogP contribution in [-0.4, -0.2) is 34.3 Å². The molecule has 1 aliphatic heterocycles. The van der Waals surface area contributed by atoms with Gasteiger partial charge in [-0.2, -0.15) is 0 Å². The zero-order chi connectivity index (χ0) is 11.5. The normalized spacial score (nSPS) is 15.3. The summed E-state index contributed by atoms with van der Waals surface area (Å²) >= 11 is 0. The van der Waals surface area contributed by atoms with E-state index in [4.69, 9.17) is 9.84 Å². The molecule has 0 unspecified atom stereocenters. The van der Waals surface area contributed by atoms with Gasteiger partial charge in [0.25, 0.3) is 0 Å². The fraction of sp³-hybridized carbons (Fsp3) is 0.545. The number of hydrogen-bond donors (Lipinski definition) is 1. The summed E-state index contributed by atoms with van der Waals surface area (Å²) in [5, 5.41) is 8.84. The number of carbonyl (C=O) groups is 1. The Morgan fingerprint density at radius 1 is 1.38 bits per heavy atom.